The fraction of sp³-hybridized carbons (Fsp3) is 1.00. The van der Waals surface area contributed by atoms with E-state index >= 15 is 0 Å². The van der Waals surface area contributed by atoms with Crippen LogP contribution in [0.3, 0.4) is 0 Å². The molecule has 1 heterocycles. The summed E-state index contributed by atoms with van der Waals surface area (Å²) in [5.41, 5.74) is 0.344. The number of nitrogens with one attached hydrogen (secondary N) is 1. The number of hydrogen-bond donors (Lipinski definition) is 1. The molecule has 1 rings (SSSR count). The molecule has 1 fully saturated rings. The molecular formula is C12H27N3. The van der Waals surface area contributed by atoms with Crippen molar-refractivity contribution in [1.29, 1.82) is 0 Å². The Balaban J connectivity index is 2.24. The fourth-order valence-corrected chi connectivity index (χ4v) is 2.18. The first-order valence-electron chi connectivity index (χ1n) is 6.18. The molecule has 1 aliphatic heterocycles. The first-order chi connectivity index (χ1) is 7.06. The van der Waals surface area contributed by atoms with Crippen LogP contribution in [0.15, 0.2) is 0 Å². The molecule has 90 valence electrons. The molecule has 1 saturated heterocycles. The van der Waals surface area contributed by atoms with E-state index in [1.807, 2.05) is 0 Å². The summed E-state index contributed by atoms with van der Waals surface area (Å²) in [7, 11) is 4.29. The summed E-state index contributed by atoms with van der Waals surface area (Å²) >= 11 is 0. The Bertz CT molecular complexity index is 182. The van der Waals surface area contributed by atoms with Crippen LogP contribution in [-0.2, 0) is 0 Å². The third kappa shape index (κ3) is 4.49. The van der Waals surface area contributed by atoms with Gasteiger partial charge in [0.15, 0.2) is 0 Å². The highest BCUT2D eigenvalue weighted by Gasteiger charge is 2.27. The Hall–Kier alpha value is -0.120. The Labute approximate surface area is 94.8 Å². The number of piperazine rings is 1. The van der Waals surface area contributed by atoms with E-state index in [1.54, 1.807) is 0 Å². The minimum Gasteiger partial charge on any atom is -0.309 e. The summed E-state index contributed by atoms with van der Waals surface area (Å²) in [6, 6.07) is 0. The molecule has 3 nitrogen and oxygen atoms in total. The average molecular weight is 213 g/mol. The topological polar surface area (TPSA) is 18.5 Å². The zero-order chi connectivity index (χ0) is 11.3. The van der Waals surface area contributed by atoms with Gasteiger partial charge in [0.1, 0.15) is 0 Å². The second-order valence-corrected chi connectivity index (χ2v) is 5.27. The summed E-state index contributed by atoms with van der Waals surface area (Å²) in [6.45, 7) is 10.6. The molecule has 0 saturated carbocycles. The maximum absolute atomic E-state index is 3.62. The van der Waals surface area contributed by atoms with Gasteiger partial charge in [-0.3, -0.25) is 0 Å². The molecular weight excluding hydrogens is 186 g/mol. The van der Waals surface area contributed by atoms with Gasteiger partial charge in [0.2, 0.25) is 0 Å². The highest BCUT2D eigenvalue weighted by Crippen LogP contribution is 2.15. The van der Waals surface area contributed by atoms with Crippen molar-refractivity contribution in [1.82, 2.24) is 15.1 Å². The van der Waals surface area contributed by atoms with Gasteiger partial charge in [-0.25, -0.2) is 0 Å². The van der Waals surface area contributed by atoms with Crippen LogP contribution < -0.4 is 5.32 Å². The van der Waals surface area contributed by atoms with E-state index in [0.717, 1.165) is 6.54 Å². The van der Waals surface area contributed by atoms with Gasteiger partial charge in [0, 0.05) is 25.2 Å². The number of nitrogens with zero attached hydrogens (tertiary/aromatic N) is 2. The van der Waals surface area contributed by atoms with Crippen LogP contribution in [0.4, 0.5) is 0 Å². The van der Waals surface area contributed by atoms with Crippen LogP contribution in [0.2, 0.25) is 0 Å². The van der Waals surface area contributed by atoms with Gasteiger partial charge in [-0.15, -0.1) is 0 Å². The molecule has 0 radical (unpaired) electrons. The van der Waals surface area contributed by atoms with E-state index in [4.69, 9.17) is 0 Å². The highest BCUT2D eigenvalue weighted by molar-refractivity contribution is 4.89. The Morgan fingerprint density at radius 3 is 2.73 bits per heavy atom. The van der Waals surface area contributed by atoms with Crippen LogP contribution >= 0.6 is 0 Å². The van der Waals surface area contributed by atoms with E-state index in [1.165, 1.54) is 39.0 Å². The average Bonchev–Trinajstić information content (AvgIpc) is 2.17. The summed E-state index contributed by atoms with van der Waals surface area (Å²) in [5, 5.41) is 3.62. The molecule has 1 aliphatic rings. The van der Waals surface area contributed by atoms with Crippen molar-refractivity contribution in [3.8, 4) is 0 Å². The zero-order valence-corrected chi connectivity index (χ0v) is 10.8. The fourth-order valence-electron chi connectivity index (χ4n) is 2.18. The minimum atomic E-state index is 0.344. The standard InChI is InChI=1S/C12H27N3/c1-5-12(2)11-15(10-7-13-12)9-6-8-14(3)4/h13H,5-11H2,1-4H3. The predicted molar refractivity (Wildman–Crippen MR) is 66.3 cm³/mol. The third-order valence-electron chi connectivity index (χ3n) is 3.41. The molecule has 0 aromatic heterocycles. The molecule has 0 aromatic rings. The lowest BCUT2D eigenvalue weighted by Crippen LogP contribution is -2.58. The summed E-state index contributed by atoms with van der Waals surface area (Å²) in [6.07, 6.45) is 2.50. The molecule has 0 bridgehead atoms. The van der Waals surface area contributed by atoms with Crippen molar-refractivity contribution in [2.24, 2.45) is 0 Å². The highest BCUT2D eigenvalue weighted by atomic mass is 15.2. The third-order valence-corrected chi connectivity index (χ3v) is 3.41. The quantitative estimate of drug-likeness (QED) is 0.735. The van der Waals surface area contributed by atoms with Gasteiger partial charge >= 0.3 is 0 Å². The van der Waals surface area contributed by atoms with Crippen molar-refractivity contribution < 1.29 is 0 Å². The molecule has 1 unspecified atom stereocenters. The van der Waals surface area contributed by atoms with Crippen molar-refractivity contribution in [2.45, 2.75) is 32.2 Å². The summed E-state index contributed by atoms with van der Waals surface area (Å²) in [5.74, 6) is 0. The van der Waals surface area contributed by atoms with Gasteiger partial charge in [-0.05, 0) is 47.0 Å². The molecule has 3 heteroatoms. The Kier molecular flexibility index (Phi) is 5.03. The van der Waals surface area contributed by atoms with Gasteiger partial charge in [0.25, 0.3) is 0 Å². The van der Waals surface area contributed by atoms with Crippen molar-refractivity contribution >= 4 is 0 Å². The lowest BCUT2D eigenvalue weighted by atomic mass is 9.96. The molecule has 0 spiro atoms. The molecule has 0 amide bonds. The summed E-state index contributed by atoms with van der Waals surface area (Å²) in [4.78, 5) is 4.87. The second-order valence-electron chi connectivity index (χ2n) is 5.27. The zero-order valence-electron chi connectivity index (χ0n) is 10.8. The lowest BCUT2D eigenvalue weighted by molar-refractivity contribution is 0.135. The SMILES string of the molecule is CCC1(C)CN(CCCN(C)C)CCN1. The van der Waals surface area contributed by atoms with E-state index in [-0.39, 0.29) is 0 Å². The first-order valence-corrected chi connectivity index (χ1v) is 6.18. The molecule has 0 aliphatic carbocycles. The van der Waals surface area contributed by atoms with Gasteiger partial charge in [0.05, 0.1) is 0 Å². The van der Waals surface area contributed by atoms with Crippen LogP contribution in [0.5, 0.6) is 0 Å². The second kappa shape index (κ2) is 5.83. The van der Waals surface area contributed by atoms with Gasteiger partial charge in [-0.1, -0.05) is 6.92 Å². The monoisotopic (exact) mass is 213 g/mol. The predicted octanol–water partition coefficient (Wildman–Crippen LogP) is 1.01. The normalized spacial score (nSPS) is 28.6. The molecule has 1 atom stereocenters. The first kappa shape index (κ1) is 12.9. The van der Waals surface area contributed by atoms with E-state index in [9.17, 15) is 0 Å². The van der Waals surface area contributed by atoms with Crippen LogP contribution in [-0.4, -0.2) is 62.2 Å². The maximum atomic E-state index is 3.62. The van der Waals surface area contributed by atoms with E-state index in [2.05, 4.69) is 43.1 Å². The van der Waals surface area contributed by atoms with Crippen LogP contribution in [0.1, 0.15) is 26.7 Å². The van der Waals surface area contributed by atoms with Crippen molar-refractivity contribution in [3.63, 3.8) is 0 Å². The Morgan fingerprint density at radius 2 is 2.13 bits per heavy atom. The molecule has 15 heavy (non-hydrogen) atoms. The van der Waals surface area contributed by atoms with Crippen molar-refractivity contribution in [3.05, 3.63) is 0 Å². The Morgan fingerprint density at radius 1 is 1.40 bits per heavy atom. The molecule has 1 N–H and O–H groups in total. The molecule has 0 aromatic carbocycles. The number of rotatable bonds is 5. The smallest absolute Gasteiger partial charge is 0.0278 e. The minimum absolute atomic E-state index is 0.344. The van der Waals surface area contributed by atoms with E-state index in [0.29, 0.717) is 5.54 Å². The maximum Gasteiger partial charge on any atom is 0.0278 e. The van der Waals surface area contributed by atoms with E-state index < -0.39 is 0 Å². The van der Waals surface area contributed by atoms with Crippen LogP contribution in [0, 0.1) is 0 Å². The number of hydrogen-bond acceptors (Lipinski definition) is 3. The van der Waals surface area contributed by atoms with Gasteiger partial charge in [-0.2, -0.15) is 0 Å². The van der Waals surface area contributed by atoms with Crippen LogP contribution in [0.25, 0.3) is 0 Å². The largest absolute Gasteiger partial charge is 0.309 e. The summed E-state index contributed by atoms with van der Waals surface area (Å²) < 4.78 is 0. The van der Waals surface area contributed by atoms with Crippen molar-refractivity contribution in [2.75, 3.05) is 46.8 Å². The van der Waals surface area contributed by atoms with Gasteiger partial charge < -0.3 is 15.1 Å². The lowest BCUT2D eigenvalue weighted by Gasteiger charge is -2.41.